The van der Waals surface area contributed by atoms with Gasteiger partial charge in [-0.15, -0.1) is 0 Å². The molecule has 1 fully saturated rings. The molecule has 3 nitrogen and oxygen atoms in total. The van der Waals surface area contributed by atoms with E-state index in [9.17, 15) is 18.0 Å². The number of nitrogens with one attached hydrogen (secondary N) is 1. The van der Waals surface area contributed by atoms with Crippen LogP contribution in [-0.2, 0) is 4.79 Å². The van der Waals surface area contributed by atoms with Gasteiger partial charge >= 0.3 is 5.51 Å². The Balaban J connectivity index is 2.26. The smallest absolute Gasteiger partial charge is 0.355 e. The predicted octanol–water partition coefficient (Wildman–Crippen LogP) is 2.65. The van der Waals surface area contributed by atoms with Crippen LogP contribution < -0.4 is 11.1 Å². The topological polar surface area (TPSA) is 55.1 Å². The number of alkyl halides is 3. The van der Waals surface area contributed by atoms with Gasteiger partial charge in [0.05, 0.1) is 0 Å². The second-order valence-electron chi connectivity index (χ2n) is 5.09. The van der Waals surface area contributed by atoms with Crippen LogP contribution in [0.5, 0.6) is 0 Å². The quantitative estimate of drug-likeness (QED) is 0.741. The average molecular weight is 298 g/mol. The molecule has 0 saturated heterocycles. The van der Waals surface area contributed by atoms with Gasteiger partial charge in [-0.25, -0.2) is 0 Å². The zero-order valence-corrected chi connectivity index (χ0v) is 11.7. The summed E-state index contributed by atoms with van der Waals surface area (Å²) in [4.78, 5) is 11.7. The van der Waals surface area contributed by atoms with Crippen molar-refractivity contribution < 1.29 is 18.0 Å². The van der Waals surface area contributed by atoms with Crippen LogP contribution >= 0.6 is 11.8 Å². The van der Waals surface area contributed by atoms with E-state index in [1.165, 1.54) is 6.42 Å². The van der Waals surface area contributed by atoms with Gasteiger partial charge in [0.1, 0.15) is 0 Å². The van der Waals surface area contributed by atoms with Crippen LogP contribution in [0.25, 0.3) is 0 Å². The van der Waals surface area contributed by atoms with Crippen molar-refractivity contribution in [2.45, 2.75) is 44.0 Å². The molecule has 0 heterocycles. The summed E-state index contributed by atoms with van der Waals surface area (Å²) in [6.45, 7) is 0.515. The Morgan fingerprint density at radius 2 is 1.89 bits per heavy atom. The van der Waals surface area contributed by atoms with E-state index in [1.54, 1.807) is 0 Å². The van der Waals surface area contributed by atoms with E-state index in [1.807, 2.05) is 0 Å². The molecule has 0 unspecified atom stereocenters. The van der Waals surface area contributed by atoms with Crippen molar-refractivity contribution in [2.75, 3.05) is 18.8 Å². The number of amides is 1. The molecule has 19 heavy (non-hydrogen) atoms. The lowest BCUT2D eigenvalue weighted by molar-refractivity contribution is -0.123. The molecule has 1 amide bonds. The number of rotatable bonds is 6. The first-order valence-electron chi connectivity index (χ1n) is 6.54. The first-order chi connectivity index (χ1) is 8.87. The maximum absolute atomic E-state index is 11.9. The van der Waals surface area contributed by atoms with E-state index >= 15 is 0 Å². The number of carbonyl (C=O) groups is 1. The summed E-state index contributed by atoms with van der Waals surface area (Å²) >= 11 is -0.113. The summed E-state index contributed by atoms with van der Waals surface area (Å²) < 4.78 is 35.7. The summed E-state index contributed by atoms with van der Waals surface area (Å²) in [6.07, 6.45) is 5.54. The molecule has 3 N–H and O–H groups in total. The van der Waals surface area contributed by atoms with Crippen molar-refractivity contribution in [3.63, 3.8) is 0 Å². The molecule has 7 heteroatoms. The summed E-state index contributed by atoms with van der Waals surface area (Å²) in [7, 11) is 0. The number of nitrogens with two attached hydrogens (primary N) is 1. The minimum Gasteiger partial charge on any atom is -0.355 e. The average Bonchev–Trinajstić information content (AvgIpc) is 2.35. The van der Waals surface area contributed by atoms with Gasteiger partial charge in [-0.3, -0.25) is 4.79 Å². The third kappa shape index (κ3) is 6.51. The van der Waals surface area contributed by atoms with Crippen molar-refractivity contribution in [2.24, 2.45) is 11.1 Å². The Bertz CT molecular complexity index is 291. The summed E-state index contributed by atoms with van der Waals surface area (Å²) in [5, 5.41) is 2.55. The molecular formula is C12H21F3N2OS. The van der Waals surface area contributed by atoms with Crippen molar-refractivity contribution in [1.29, 1.82) is 0 Å². The molecule has 1 rings (SSSR count). The molecular weight excluding hydrogens is 277 g/mol. The van der Waals surface area contributed by atoms with Gasteiger partial charge in [0.15, 0.2) is 0 Å². The largest absolute Gasteiger partial charge is 0.441 e. The van der Waals surface area contributed by atoms with Crippen LogP contribution in [0, 0.1) is 5.41 Å². The lowest BCUT2D eigenvalue weighted by Crippen LogP contribution is -2.39. The number of hydrogen-bond acceptors (Lipinski definition) is 3. The van der Waals surface area contributed by atoms with E-state index in [0.717, 1.165) is 25.7 Å². The fourth-order valence-electron chi connectivity index (χ4n) is 2.52. The van der Waals surface area contributed by atoms with E-state index in [-0.39, 0.29) is 35.4 Å². The molecule has 0 aliphatic heterocycles. The van der Waals surface area contributed by atoms with Crippen LogP contribution in [0.3, 0.4) is 0 Å². The highest BCUT2D eigenvalue weighted by molar-refractivity contribution is 8.00. The number of thioether (sulfide) groups is 1. The summed E-state index contributed by atoms with van der Waals surface area (Å²) in [5.74, 6) is -0.333. The van der Waals surface area contributed by atoms with Gasteiger partial charge in [0, 0.05) is 18.7 Å². The highest BCUT2D eigenvalue weighted by Crippen LogP contribution is 2.38. The first kappa shape index (κ1) is 16.6. The van der Waals surface area contributed by atoms with Gasteiger partial charge in [-0.05, 0) is 36.6 Å². The highest BCUT2D eigenvalue weighted by Gasteiger charge is 2.33. The van der Waals surface area contributed by atoms with Gasteiger partial charge in [-0.1, -0.05) is 19.3 Å². The molecule has 0 bridgehead atoms. The third-order valence-corrected chi connectivity index (χ3v) is 4.31. The molecule has 0 radical (unpaired) electrons. The van der Waals surface area contributed by atoms with Gasteiger partial charge in [0.2, 0.25) is 5.91 Å². The lowest BCUT2D eigenvalue weighted by Gasteiger charge is -2.35. The number of carbonyl (C=O) groups excluding carboxylic acids is 1. The third-order valence-electron chi connectivity index (χ3n) is 3.57. The van der Waals surface area contributed by atoms with Crippen molar-refractivity contribution in [1.82, 2.24) is 5.32 Å². The van der Waals surface area contributed by atoms with E-state index in [4.69, 9.17) is 5.73 Å². The Hall–Kier alpha value is -0.430. The van der Waals surface area contributed by atoms with Crippen LogP contribution in [0.4, 0.5) is 13.2 Å². The molecule has 1 aliphatic carbocycles. The minimum atomic E-state index is -4.23. The molecule has 0 aromatic heterocycles. The van der Waals surface area contributed by atoms with Crippen LogP contribution in [0.2, 0.25) is 0 Å². The molecule has 1 saturated carbocycles. The van der Waals surface area contributed by atoms with Gasteiger partial charge in [-0.2, -0.15) is 13.2 Å². The van der Waals surface area contributed by atoms with E-state index in [2.05, 4.69) is 5.32 Å². The molecule has 0 aromatic carbocycles. The second-order valence-corrected chi connectivity index (χ2v) is 6.25. The summed E-state index contributed by atoms with van der Waals surface area (Å²) in [6, 6.07) is 0. The minimum absolute atomic E-state index is 0.0453. The number of hydrogen-bond donors (Lipinski definition) is 2. The van der Waals surface area contributed by atoms with E-state index in [0.29, 0.717) is 13.0 Å². The maximum Gasteiger partial charge on any atom is 0.441 e. The highest BCUT2D eigenvalue weighted by atomic mass is 32.2. The Kier molecular flexibility index (Phi) is 6.46. The van der Waals surface area contributed by atoms with Crippen LogP contribution in [0.1, 0.15) is 38.5 Å². The van der Waals surface area contributed by atoms with Gasteiger partial charge in [0.25, 0.3) is 0 Å². The SMILES string of the molecule is NCC1(CC(=O)NCCSC(F)(F)F)CCCCC1. The molecule has 112 valence electrons. The Morgan fingerprint density at radius 1 is 1.26 bits per heavy atom. The molecule has 0 aromatic rings. The fraction of sp³-hybridized carbons (Fsp3) is 0.917. The Morgan fingerprint density at radius 3 is 2.42 bits per heavy atom. The molecule has 0 atom stereocenters. The van der Waals surface area contributed by atoms with E-state index < -0.39 is 5.51 Å². The Labute approximate surface area is 115 Å². The lowest BCUT2D eigenvalue weighted by atomic mass is 9.72. The van der Waals surface area contributed by atoms with Crippen LogP contribution in [-0.4, -0.2) is 30.3 Å². The summed E-state index contributed by atoms with van der Waals surface area (Å²) in [5.41, 5.74) is 1.40. The standard InChI is InChI=1S/C12H21F3N2OS/c13-12(14,15)19-7-6-17-10(18)8-11(9-16)4-2-1-3-5-11/h1-9,16H2,(H,17,18). The second kappa shape index (κ2) is 7.38. The molecule has 0 spiro atoms. The first-order valence-corrected chi connectivity index (χ1v) is 7.53. The maximum atomic E-state index is 11.9. The van der Waals surface area contributed by atoms with Crippen LogP contribution in [0.15, 0.2) is 0 Å². The monoisotopic (exact) mass is 298 g/mol. The predicted molar refractivity (Wildman–Crippen MR) is 70.7 cm³/mol. The normalized spacial score (nSPS) is 19.2. The van der Waals surface area contributed by atoms with Gasteiger partial charge < -0.3 is 11.1 Å². The zero-order valence-electron chi connectivity index (χ0n) is 10.9. The number of halogens is 3. The molecule has 1 aliphatic rings. The van der Waals surface area contributed by atoms with Crippen molar-refractivity contribution in [3.05, 3.63) is 0 Å². The van der Waals surface area contributed by atoms with Crippen molar-refractivity contribution in [3.8, 4) is 0 Å². The van der Waals surface area contributed by atoms with Crippen molar-refractivity contribution >= 4 is 17.7 Å². The zero-order chi connectivity index (χ0) is 14.4. The fourth-order valence-corrected chi connectivity index (χ4v) is 2.95.